The summed E-state index contributed by atoms with van der Waals surface area (Å²) in [7, 11) is 0. The number of anilines is 1. The molecule has 3 heterocycles. The average Bonchev–Trinajstić information content (AvgIpc) is 3.30. The van der Waals surface area contributed by atoms with Gasteiger partial charge in [-0.1, -0.05) is 0 Å². The molecule has 2 atom stereocenters. The largest absolute Gasteiger partial charge is 0.481 e. The first-order valence-electron chi connectivity index (χ1n) is 8.58. The van der Waals surface area contributed by atoms with Crippen molar-refractivity contribution in [3.63, 3.8) is 0 Å². The number of rotatable bonds is 3. The minimum Gasteiger partial charge on any atom is -0.481 e. The first kappa shape index (κ1) is 16.3. The average molecular weight is 360 g/mol. The number of aliphatic carboxylic acids is 1. The lowest BCUT2D eigenvalue weighted by Gasteiger charge is -2.36. The Morgan fingerprint density at radius 2 is 1.88 bits per heavy atom. The van der Waals surface area contributed by atoms with Gasteiger partial charge in [-0.05, 0) is 30.7 Å². The maximum Gasteiger partial charge on any atom is 0.306 e. The fraction of sp³-hybridized carbons (Fsp3) is 0.529. The van der Waals surface area contributed by atoms with Crippen LogP contribution in [0.1, 0.15) is 19.3 Å². The van der Waals surface area contributed by atoms with E-state index in [0.29, 0.717) is 32.4 Å². The summed E-state index contributed by atoms with van der Waals surface area (Å²) >= 11 is 1.60. The van der Waals surface area contributed by atoms with Crippen LogP contribution in [-0.2, 0) is 9.59 Å². The Bertz CT molecular complexity index is 800. The maximum absolute atomic E-state index is 12.7. The molecule has 4 rings (SSSR count). The van der Waals surface area contributed by atoms with Crippen molar-refractivity contribution in [2.75, 3.05) is 31.1 Å². The SMILES string of the molecule is O=C(O)[C@@H]1CC[C@H](C(=O)N2CCN(c3ncnc4sccc34)CC2)C1. The Labute approximate surface area is 149 Å². The topological polar surface area (TPSA) is 86.6 Å². The second-order valence-electron chi connectivity index (χ2n) is 6.69. The molecule has 1 amide bonds. The van der Waals surface area contributed by atoms with E-state index in [1.165, 1.54) is 0 Å². The van der Waals surface area contributed by atoms with E-state index >= 15 is 0 Å². The van der Waals surface area contributed by atoms with Crippen molar-refractivity contribution in [2.24, 2.45) is 11.8 Å². The van der Waals surface area contributed by atoms with Gasteiger partial charge in [-0.25, -0.2) is 9.97 Å². The summed E-state index contributed by atoms with van der Waals surface area (Å²) < 4.78 is 0. The Morgan fingerprint density at radius 1 is 1.12 bits per heavy atom. The van der Waals surface area contributed by atoms with Crippen LogP contribution in [0.3, 0.4) is 0 Å². The molecule has 0 radical (unpaired) electrons. The van der Waals surface area contributed by atoms with Crippen LogP contribution in [0.15, 0.2) is 17.8 Å². The van der Waals surface area contributed by atoms with Crippen molar-refractivity contribution in [1.82, 2.24) is 14.9 Å². The van der Waals surface area contributed by atoms with Crippen LogP contribution in [0.4, 0.5) is 5.82 Å². The first-order chi connectivity index (χ1) is 12.1. The van der Waals surface area contributed by atoms with Crippen LogP contribution in [0.25, 0.3) is 10.2 Å². The minimum atomic E-state index is -0.774. The van der Waals surface area contributed by atoms with Gasteiger partial charge in [-0.15, -0.1) is 11.3 Å². The third kappa shape index (κ3) is 3.06. The van der Waals surface area contributed by atoms with Crippen LogP contribution in [0.5, 0.6) is 0 Å². The van der Waals surface area contributed by atoms with Crippen molar-refractivity contribution >= 4 is 39.2 Å². The highest BCUT2D eigenvalue weighted by atomic mass is 32.1. The molecular formula is C17H20N4O3S. The highest BCUT2D eigenvalue weighted by molar-refractivity contribution is 7.16. The number of aromatic nitrogens is 2. The quantitative estimate of drug-likeness (QED) is 0.899. The zero-order chi connectivity index (χ0) is 17.4. The molecule has 0 aromatic carbocycles. The number of piperazine rings is 1. The fourth-order valence-corrected chi connectivity index (χ4v) is 4.58. The van der Waals surface area contributed by atoms with E-state index in [4.69, 9.17) is 5.11 Å². The summed E-state index contributed by atoms with van der Waals surface area (Å²) in [5.74, 6) is -0.209. The molecule has 132 valence electrons. The zero-order valence-electron chi connectivity index (χ0n) is 13.8. The van der Waals surface area contributed by atoms with Gasteiger partial charge in [0.15, 0.2) is 0 Å². The van der Waals surface area contributed by atoms with E-state index in [1.807, 2.05) is 16.3 Å². The number of carbonyl (C=O) groups excluding carboxylic acids is 1. The Balaban J connectivity index is 1.39. The van der Waals surface area contributed by atoms with Crippen molar-refractivity contribution in [3.8, 4) is 0 Å². The van der Waals surface area contributed by atoms with Crippen LogP contribution < -0.4 is 4.90 Å². The number of hydrogen-bond donors (Lipinski definition) is 1. The summed E-state index contributed by atoms with van der Waals surface area (Å²) in [5, 5.41) is 12.2. The highest BCUT2D eigenvalue weighted by Gasteiger charge is 2.36. The molecule has 7 nitrogen and oxygen atoms in total. The molecule has 8 heteroatoms. The van der Waals surface area contributed by atoms with Gasteiger partial charge in [0.25, 0.3) is 0 Å². The second-order valence-corrected chi connectivity index (χ2v) is 7.59. The summed E-state index contributed by atoms with van der Waals surface area (Å²) in [5.41, 5.74) is 0. The predicted molar refractivity (Wildman–Crippen MR) is 94.7 cm³/mol. The summed E-state index contributed by atoms with van der Waals surface area (Å²) in [6.07, 6.45) is 3.38. The molecule has 2 aliphatic rings. The van der Waals surface area contributed by atoms with E-state index in [9.17, 15) is 9.59 Å². The normalized spacial score (nSPS) is 24.0. The molecule has 2 fully saturated rings. The van der Waals surface area contributed by atoms with Gasteiger partial charge in [0.05, 0.1) is 11.3 Å². The number of carboxylic acid groups (broad SMARTS) is 1. The second kappa shape index (κ2) is 6.59. The number of hydrogen-bond acceptors (Lipinski definition) is 6. The van der Waals surface area contributed by atoms with Gasteiger partial charge in [-0.3, -0.25) is 9.59 Å². The molecule has 2 aromatic heterocycles. The minimum absolute atomic E-state index is 0.117. The number of fused-ring (bicyclic) bond motifs is 1. The van der Waals surface area contributed by atoms with E-state index in [2.05, 4.69) is 14.9 Å². The van der Waals surface area contributed by atoms with Gasteiger partial charge < -0.3 is 14.9 Å². The molecule has 1 aliphatic heterocycles. The lowest BCUT2D eigenvalue weighted by atomic mass is 10.0. The summed E-state index contributed by atoms with van der Waals surface area (Å²) in [6, 6.07) is 2.04. The van der Waals surface area contributed by atoms with E-state index in [1.54, 1.807) is 17.7 Å². The number of thiophene rings is 1. The van der Waals surface area contributed by atoms with E-state index in [0.717, 1.165) is 29.1 Å². The lowest BCUT2D eigenvalue weighted by Crippen LogP contribution is -2.50. The Morgan fingerprint density at radius 3 is 2.60 bits per heavy atom. The van der Waals surface area contributed by atoms with Gasteiger partial charge in [-0.2, -0.15) is 0 Å². The molecule has 25 heavy (non-hydrogen) atoms. The zero-order valence-corrected chi connectivity index (χ0v) is 14.6. The lowest BCUT2D eigenvalue weighted by molar-refractivity contribution is -0.141. The predicted octanol–water partition coefficient (Wildman–Crippen LogP) is 1.84. The number of nitrogens with zero attached hydrogens (tertiary/aromatic N) is 4. The molecule has 1 saturated heterocycles. The van der Waals surface area contributed by atoms with Gasteiger partial charge >= 0.3 is 5.97 Å². The number of carbonyl (C=O) groups is 2. The number of carboxylic acids is 1. The highest BCUT2D eigenvalue weighted by Crippen LogP contribution is 2.33. The summed E-state index contributed by atoms with van der Waals surface area (Å²) in [6.45, 7) is 2.79. The maximum atomic E-state index is 12.7. The first-order valence-corrected chi connectivity index (χ1v) is 9.46. The van der Waals surface area contributed by atoms with Crippen LogP contribution >= 0.6 is 11.3 Å². The Hall–Kier alpha value is -2.22. The fourth-order valence-electron chi connectivity index (χ4n) is 3.86. The van der Waals surface area contributed by atoms with Crippen molar-refractivity contribution in [3.05, 3.63) is 17.8 Å². The molecule has 1 N–H and O–H groups in total. The van der Waals surface area contributed by atoms with E-state index < -0.39 is 5.97 Å². The molecular weight excluding hydrogens is 340 g/mol. The van der Waals surface area contributed by atoms with Gasteiger partial charge in [0, 0.05) is 32.1 Å². The van der Waals surface area contributed by atoms with Gasteiger partial charge in [0.2, 0.25) is 5.91 Å². The standard InChI is InChI=1S/C17H20N4O3S/c22-16(11-1-2-12(9-11)17(23)24)21-6-4-20(5-7-21)14-13-3-8-25-15(13)19-10-18-14/h3,8,10-12H,1-2,4-7,9H2,(H,23,24)/t11-,12+/m0/s1. The molecule has 1 aliphatic carbocycles. The van der Waals surface area contributed by atoms with Crippen LogP contribution in [0, 0.1) is 11.8 Å². The summed E-state index contributed by atoms with van der Waals surface area (Å²) in [4.78, 5) is 37.5. The monoisotopic (exact) mass is 360 g/mol. The molecule has 0 unspecified atom stereocenters. The molecule has 0 bridgehead atoms. The van der Waals surface area contributed by atoms with Crippen LogP contribution in [-0.4, -0.2) is 58.0 Å². The van der Waals surface area contributed by atoms with Crippen molar-refractivity contribution in [2.45, 2.75) is 19.3 Å². The molecule has 1 saturated carbocycles. The van der Waals surface area contributed by atoms with Gasteiger partial charge in [0.1, 0.15) is 17.0 Å². The number of amides is 1. The smallest absolute Gasteiger partial charge is 0.306 e. The molecule has 2 aromatic rings. The van der Waals surface area contributed by atoms with Crippen LogP contribution in [0.2, 0.25) is 0 Å². The van der Waals surface area contributed by atoms with Crippen molar-refractivity contribution < 1.29 is 14.7 Å². The third-order valence-corrected chi connectivity index (χ3v) is 6.08. The van der Waals surface area contributed by atoms with Crippen molar-refractivity contribution in [1.29, 1.82) is 0 Å². The Kier molecular flexibility index (Phi) is 4.29. The van der Waals surface area contributed by atoms with E-state index in [-0.39, 0.29) is 17.7 Å². The molecule has 0 spiro atoms. The third-order valence-electron chi connectivity index (χ3n) is 5.26.